The SMILES string of the molecule is COc1ccc(NC(=O)[C@@H](NC(=O)c2ccc(C(C)(C)C)cc2)C(C)C)cc1. The molecule has 0 unspecified atom stereocenters. The van der Waals surface area contributed by atoms with E-state index in [9.17, 15) is 9.59 Å². The van der Waals surface area contributed by atoms with E-state index in [0.29, 0.717) is 17.0 Å². The summed E-state index contributed by atoms with van der Waals surface area (Å²) < 4.78 is 5.12. The van der Waals surface area contributed by atoms with E-state index in [1.165, 1.54) is 0 Å². The maximum Gasteiger partial charge on any atom is 0.251 e. The molecular weight excluding hydrogens is 352 g/mol. The average molecular weight is 383 g/mol. The lowest BCUT2D eigenvalue weighted by molar-refractivity contribution is -0.118. The largest absolute Gasteiger partial charge is 0.497 e. The zero-order valence-corrected chi connectivity index (χ0v) is 17.5. The average Bonchev–Trinajstić information content (AvgIpc) is 2.65. The fourth-order valence-electron chi connectivity index (χ4n) is 2.78. The molecule has 2 aromatic carbocycles. The van der Waals surface area contributed by atoms with Crippen LogP contribution in [0.5, 0.6) is 5.75 Å². The van der Waals surface area contributed by atoms with Gasteiger partial charge in [-0.3, -0.25) is 9.59 Å². The molecule has 0 aliphatic rings. The molecule has 0 spiro atoms. The fraction of sp³-hybridized carbons (Fsp3) is 0.391. The minimum absolute atomic E-state index is 0.0216. The molecule has 2 rings (SSSR count). The Hall–Kier alpha value is -2.82. The number of benzene rings is 2. The van der Waals surface area contributed by atoms with Crippen LogP contribution >= 0.6 is 0 Å². The lowest BCUT2D eigenvalue weighted by Gasteiger charge is -2.22. The summed E-state index contributed by atoms with van der Waals surface area (Å²) in [5.41, 5.74) is 2.37. The molecule has 0 bridgehead atoms. The van der Waals surface area contributed by atoms with E-state index in [2.05, 4.69) is 31.4 Å². The van der Waals surface area contributed by atoms with Crippen LogP contribution in [0, 0.1) is 5.92 Å². The Balaban J connectivity index is 2.08. The van der Waals surface area contributed by atoms with Gasteiger partial charge in [-0.1, -0.05) is 46.8 Å². The highest BCUT2D eigenvalue weighted by Gasteiger charge is 2.25. The number of nitrogens with one attached hydrogen (secondary N) is 2. The Morgan fingerprint density at radius 2 is 1.50 bits per heavy atom. The number of carbonyl (C=O) groups excluding carboxylic acids is 2. The Labute approximate surface area is 167 Å². The highest BCUT2D eigenvalue weighted by atomic mass is 16.5. The molecule has 2 N–H and O–H groups in total. The molecule has 28 heavy (non-hydrogen) atoms. The van der Waals surface area contributed by atoms with E-state index in [1.54, 1.807) is 43.5 Å². The number of ether oxygens (including phenoxy) is 1. The van der Waals surface area contributed by atoms with Gasteiger partial charge in [-0.2, -0.15) is 0 Å². The van der Waals surface area contributed by atoms with Crippen molar-refractivity contribution in [2.45, 2.75) is 46.1 Å². The predicted molar refractivity (Wildman–Crippen MR) is 113 cm³/mol. The molecule has 0 saturated heterocycles. The Morgan fingerprint density at radius 3 is 1.96 bits per heavy atom. The smallest absolute Gasteiger partial charge is 0.251 e. The summed E-state index contributed by atoms with van der Waals surface area (Å²) in [6, 6.07) is 13.9. The summed E-state index contributed by atoms with van der Waals surface area (Å²) in [6.07, 6.45) is 0. The highest BCUT2D eigenvalue weighted by molar-refractivity contribution is 6.01. The molecule has 2 amide bonds. The first-order valence-corrected chi connectivity index (χ1v) is 9.48. The van der Waals surface area contributed by atoms with Crippen molar-refractivity contribution in [1.29, 1.82) is 0 Å². The van der Waals surface area contributed by atoms with Gasteiger partial charge in [0.05, 0.1) is 7.11 Å². The third-order valence-corrected chi connectivity index (χ3v) is 4.61. The van der Waals surface area contributed by atoms with Crippen LogP contribution in [0.4, 0.5) is 5.69 Å². The molecule has 2 aromatic rings. The van der Waals surface area contributed by atoms with Crippen molar-refractivity contribution in [2.75, 3.05) is 12.4 Å². The van der Waals surface area contributed by atoms with Crippen LogP contribution < -0.4 is 15.4 Å². The van der Waals surface area contributed by atoms with Crippen LogP contribution in [-0.2, 0) is 10.2 Å². The summed E-state index contributed by atoms with van der Waals surface area (Å²) in [6.45, 7) is 10.2. The van der Waals surface area contributed by atoms with E-state index in [-0.39, 0.29) is 23.1 Å². The molecular formula is C23H30N2O3. The minimum Gasteiger partial charge on any atom is -0.497 e. The highest BCUT2D eigenvalue weighted by Crippen LogP contribution is 2.22. The first kappa shape index (κ1) is 21.5. The van der Waals surface area contributed by atoms with Crippen molar-refractivity contribution in [2.24, 2.45) is 5.92 Å². The number of amides is 2. The van der Waals surface area contributed by atoms with E-state index >= 15 is 0 Å². The number of hydrogen-bond donors (Lipinski definition) is 2. The quantitative estimate of drug-likeness (QED) is 0.779. The maximum absolute atomic E-state index is 12.7. The van der Waals surface area contributed by atoms with Crippen molar-refractivity contribution < 1.29 is 14.3 Å². The molecule has 0 aromatic heterocycles. The van der Waals surface area contributed by atoms with Crippen LogP contribution in [0.25, 0.3) is 0 Å². The zero-order chi connectivity index (χ0) is 20.9. The van der Waals surface area contributed by atoms with Gasteiger partial charge in [0.15, 0.2) is 0 Å². The molecule has 0 aliphatic carbocycles. The van der Waals surface area contributed by atoms with Crippen molar-refractivity contribution in [3.05, 3.63) is 59.7 Å². The Kier molecular flexibility index (Phi) is 6.84. The fourth-order valence-corrected chi connectivity index (χ4v) is 2.78. The number of rotatable bonds is 6. The van der Waals surface area contributed by atoms with Crippen LogP contribution in [0.2, 0.25) is 0 Å². The summed E-state index contributed by atoms with van der Waals surface area (Å²) in [4.78, 5) is 25.4. The molecule has 5 nitrogen and oxygen atoms in total. The first-order chi connectivity index (χ1) is 13.1. The van der Waals surface area contributed by atoms with Crippen molar-refractivity contribution in [3.63, 3.8) is 0 Å². The third kappa shape index (κ3) is 5.59. The summed E-state index contributed by atoms with van der Waals surface area (Å²) in [5.74, 6) is 0.144. The van der Waals surface area contributed by atoms with Gasteiger partial charge in [0.25, 0.3) is 5.91 Å². The van der Waals surface area contributed by atoms with Gasteiger partial charge in [-0.05, 0) is 53.3 Å². The lowest BCUT2D eigenvalue weighted by Crippen LogP contribution is -2.47. The second kappa shape index (κ2) is 8.91. The molecule has 5 heteroatoms. The van der Waals surface area contributed by atoms with E-state index in [4.69, 9.17) is 4.74 Å². The number of methoxy groups -OCH3 is 1. The second-order valence-electron chi connectivity index (χ2n) is 8.24. The molecule has 0 radical (unpaired) electrons. The van der Waals surface area contributed by atoms with Gasteiger partial charge >= 0.3 is 0 Å². The zero-order valence-electron chi connectivity index (χ0n) is 17.5. The molecule has 150 valence electrons. The molecule has 0 fully saturated rings. The number of anilines is 1. The van der Waals surface area contributed by atoms with E-state index in [1.807, 2.05) is 26.0 Å². The summed E-state index contributed by atoms with van der Waals surface area (Å²) in [5, 5.41) is 5.71. The Morgan fingerprint density at radius 1 is 0.929 bits per heavy atom. The van der Waals surface area contributed by atoms with Crippen LogP contribution in [0.1, 0.15) is 50.5 Å². The van der Waals surface area contributed by atoms with Crippen molar-refractivity contribution >= 4 is 17.5 Å². The molecule has 0 saturated carbocycles. The van der Waals surface area contributed by atoms with Crippen LogP contribution in [-0.4, -0.2) is 25.0 Å². The third-order valence-electron chi connectivity index (χ3n) is 4.61. The monoisotopic (exact) mass is 382 g/mol. The van der Waals surface area contributed by atoms with Gasteiger partial charge in [-0.15, -0.1) is 0 Å². The molecule has 0 aliphatic heterocycles. The summed E-state index contributed by atoms with van der Waals surface area (Å²) in [7, 11) is 1.59. The van der Waals surface area contributed by atoms with Gasteiger partial charge < -0.3 is 15.4 Å². The minimum atomic E-state index is -0.642. The van der Waals surface area contributed by atoms with Gasteiger partial charge in [0.1, 0.15) is 11.8 Å². The van der Waals surface area contributed by atoms with Crippen LogP contribution in [0.15, 0.2) is 48.5 Å². The maximum atomic E-state index is 12.7. The van der Waals surface area contributed by atoms with E-state index < -0.39 is 6.04 Å². The number of hydrogen-bond acceptors (Lipinski definition) is 3. The standard InChI is InChI=1S/C23H30N2O3/c1-15(2)20(22(27)24-18-11-13-19(28-6)14-12-18)25-21(26)16-7-9-17(10-8-16)23(3,4)5/h7-15,20H,1-6H3,(H,24,27)(H,25,26)/t20-/m0/s1. The summed E-state index contributed by atoms with van der Waals surface area (Å²) >= 11 is 0. The Bertz CT molecular complexity index is 803. The second-order valence-corrected chi connectivity index (χ2v) is 8.24. The first-order valence-electron chi connectivity index (χ1n) is 9.48. The normalized spacial score (nSPS) is 12.4. The molecule has 1 atom stereocenters. The molecule has 0 heterocycles. The number of carbonyl (C=O) groups is 2. The van der Waals surface area contributed by atoms with Gasteiger partial charge in [0.2, 0.25) is 5.91 Å². The van der Waals surface area contributed by atoms with Gasteiger partial charge in [0, 0.05) is 11.3 Å². The topological polar surface area (TPSA) is 67.4 Å². The van der Waals surface area contributed by atoms with Crippen LogP contribution in [0.3, 0.4) is 0 Å². The van der Waals surface area contributed by atoms with Gasteiger partial charge in [-0.25, -0.2) is 0 Å². The predicted octanol–water partition coefficient (Wildman–Crippen LogP) is 4.39. The lowest BCUT2D eigenvalue weighted by atomic mass is 9.86. The van der Waals surface area contributed by atoms with Crippen molar-refractivity contribution in [3.8, 4) is 5.75 Å². The van der Waals surface area contributed by atoms with E-state index in [0.717, 1.165) is 5.56 Å². The van der Waals surface area contributed by atoms with Crippen molar-refractivity contribution in [1.82, 2.24) is 5.32 Å².